The van der Waals surface area contributed by atoms with E-state index in [2.05, 4.69) is 56.6 Å². The molecule has 5 heteroatoms. The van der Waals surface area contributed by atoms with E-state index >= 15 is 0 Å². The second-order valence-corrected chi connectivity index (χ2v) is 6.69. The highest BCUT2D eigenvalue weighted by Gasteiger charge is 2.15. The molecule has 1 aromatic heterocycles. The minimum absolute atomic E-state index is 0. The number of phenols is 1. The van der Waals surface area contributed by atoms with Crippen molar-refractivity contribution in [2.75, 3.05) is 0 Å². The van der Waals surface area contributed by atoms with Crippen molar-refractivity contribution in [3.05, 3.63) is 78.9 Å². The molecule has 34 heavy (non-hydrogen) atoms. The van der Waals surface area contributed by atoms with Crippen LogP contribution in [0.4, 0.5) is 0 Å². The Morgan fingerprint density at radius 1 is 0.676 bits per heavy atom. The molecule has 4 rings (SSSR count). The van der Waals surface area contributed by atoms with E-state index in [-0.39, 0.29) is 14.3 Å². The van der Waals surface area contributed by atoms with Gasteiger partial charge in [-0.1, -0.05) is 60.7 Å². The Bertz CT molecular complexity index is 1520. The zero-order valence-electron chi connectivity index (χ0n) is 17.8. The molecule has 0 unspecified atom stereocenters. The van der Waals surface area contributed by atoms with Crippen molar-refractivity contribution in [1.82, 2.24) is 15.0 Å². The molecule has 0 radical (unpaired) electrons. The smallest absolute Gasteiger partial charge is 0.167 e. The number of rotatable bonds is 4. The van der Waals surface area contributed by atoms with Crippen LogP contribution < -0.4 is 4.74 Å². The molecule has 0 aliphatic carbocycles. The van der Waals surface area contributed by atoms with Crippen molar-refractivity contribution in [3.8, 4) is 93.7 Å². The second kappa shape index (κ2) is 10.7. The molecule has 170 valence electrons. The van der Waals surface area contributed by atoms with Gasteiger partial charge in [-0.3, -0.25) is 0 Å². The molecule has 0 saturated heterocycles. The Balaban J connectivity index is -0.00000228. The van der Waals surface area contributed by atoms with Crippen molar-refractivity contribution in [3.63, 3.8) is 0 Å². The van der Waals surface area contributed by atoms with Crippen LogP contribution in [0, 0.1) is 48.1 Å². The highest BCUT2D eigenvalue weighted by molar-refractivity contribution is 5.70. The summed E-state index contributed by atoms with van der Waals surface area (Å²) in [7, 11) is 0. The maximum absolute atomic E-state index is 10.7. The molecule has 5 nitrogen and oxygen atoms in total. The van der Waals surface area contributed by atoms with Gasteiger partial charge in [-0.25, -0.2) is 15.0 Å². The van der Waals surface area contributed by atoms with Crippen LogP contribution in [0.25, 0.3) is 34.2 Å². The van der Waals surface area contributed by atoms with Gasteiger partial charge in [-0.05, 0) is 29.9 Å². The summed E-state index contributed by atoms with van der Waals surface area (Å²) in [6.07, 6.45) is 7.43. The van der Waals surface area contributed by atoms with Crippen molar-refractivity contribution < 1.29 is 18.4 Å². The number of terminal acetylenes is 1. The number of aromatic nitrogens is 3. The van der Waals surface area contributed by atoms with Gasteiger partial charge in [0.2, 0.25) is 0 Å². The molecule has 4 aromatic rings. The number of ether oxygens (including phenoxy) is 1. The molecule has 3 aromatic carbocycles. The Labute approximate surface area is 206 Å². The Kier molecular flexibility index (Phi) is 6.84. The maximum Gasteiger partial charge on any atom is 0.167 e. The lowest BCUT2D eigenvalue weighted by atomic mass is 10.1. The first-order chi connectivity index (χ1) is 16.7. The average Bonchev–Trinajstić information content (AvgIpc) is 2.89. The largest absolute Gasteiger partial charge is 0.507 e. The van der Waals surface area contributed by atoms with E-state index in [1.807, 2.05) is 60.7 Å². The van der Waals surface area contributed by atoms with Gasteiger partial charge < -0.3 is 9.84 Å². The SMILES string of the molecule is C#CC#CC#CC#COc1ccc(-c2nc(-c3ccccc3)nc(-c3ccccc3)n2)c(O)c1.[HH].[HH].[HH].[HH].[HH].[HH]. The topological polar surface area (TPSA) is 68.1 Å². The van der Waals surface area contributed by atoms with E-state index in [9.17, 15) is 5.11 Å². The van der Waals surface area contributed by atoms with Crippen LogP contribution in [-0.4, -0.2) is 20.1 Å². The van der Waals surface area contributed by atoms with Gasteiger partial charge in [0.1, 0.15) is 17.6 Å². The summed E-state index contributed by atoms with van der Waals surface area (Å²) in [5.41, 5.74) is 2.11. The molecule has 0 atom stereocenters. The van der Waals surface area contributed by atoms with Gasteiger partial charge in [-0.2, -0.15) is 0 Å². The standard InChI is InChI=1S/C29H15N3O2.6H2/c1-2-3-4-5-6-13-20-34-24-18-19-25(26(33)21-24)29-31-27(22-14-9-7-10-15-22)30-28(32-29)23-16-11-8-12-17-23;;;;;;/h1,7-12,14-19,21,33H;6*1H. The number of aromatic hydroxyl groups is 1. The molecule has 0 bridgehead atoms. The van der Waals surface area contributed by atoms with Crippen LogP contribution in [-0.2, 0) is 0 Å². The summed E-state index contributed by atoms with van der Waals surface area (Å²) >= 11 is 0. The summed E-state index contributed by atoms with van der Waals surface area (Å²) < 4.78 is 5.31. The lowest BCUT2D eigenvalue weighted by Crippen LogP contribution is -2.00. The first kappa shape index (κ1) is 21.7. The molecule has 0 amide bonds. The molecule has 0 saturated carbocycles. The summed E-state index contributed by atoms with van der Waals surface area (Å²) in [6.45, 7) is 0. The lowest BCUT2D eigenvalue weighted by molar-refractivity contribution is 0.466. The van der Waals surface area contributed by atoms with Crippen molar-refractivity contribution in [2.45, 2.75) is 0 Å². The molecular formula is C29H27N3O2. The van der Waals surface area contributed by atoms with Gasteiger partial charge in [0.15, 0.2) is 17.5 Å². The van der Waals surface area contributed by atoms with Gasteiger partial charge in [0, 0.05) is 43.5 Å². The van der Waals surface area contributed by atoms with Crippen LogP contribution in [0.1, 0.15) is 8.56 Å². The zero-order chi connectivity index (χ0) is 23.6. The fourth-order valence-corrected chi connectivity index (χ4v) is 2.93. The molecule has 0 aliphatic heterocycles. The van der Waals surface area contributed by atoms with Crippen LogP contribution in [0.3, 0.4) is 0 Å². The van der Waals surface area contributed by atoms with Crippen LogP contribution in [0.2, 0.25) is 0 Å². The third kappa shape index (κ3) is 5.40. The predicted molar refractivity (Wildman–Crippen MR) is 143 cm³/mol. The van der Waals surface area contributed by atoms with E-state index in [0.717, 1.165) is 11.1 Å². The highest BCUT2D eigenvalue weighted by Crippen LogP contribution is 2.32. The summed E-state index contributed by atoms with van der Waals surface area (Å²) in [5.74, 6) is 16.0. The number of benzene rings is 3. The summed E-state index contributed by atoms with van der Waals surface area (Å²) in [5, 5.41) is 10.7. The van der Waals surface area contributed by atoms with E-state index in [4.69, 9.17) is 11.2 Å². The molecule has 0 fully saturated rings. The van der Waals surface area contributed by atoms with Gasteiger partial charge >= 0.3 is 0 Å². The molecule has 1 N–H and O–H groups in total. The molecular weight excluding hydrogens is 422 g/mol. The maximum atomic E-state index is 10.7. The Morgan fingerprint density at radius 3 is 1.82 bits per heavy atom. The fourth-order valence-electron chi connectivity index (χ4n) is 2.93. The van der Waals surface area contributed by atoms with Crippen LogP contribution in [0.5, 0.6) is 11.5 Å². The first-order valence-corrected chi connectivity index (χ1v) is 10.1. The third-order valence-corrected chi connectivity index (χ3v) is 4.45. The quantitative estimate of drug-likeness (QED) is 0.385. The van der Waals surface area contributed by atoms with Crippen molar-refractivity contribution >= 4 is 0 Å². The predicted octanol–water partition coefficient (Wildman–Crippen LogP) is 6.03. The Hall–Kier alpha value is -5.49. The van der Waals surface area contributed by atoms with Crippen LogP contribution >= 0.6 is 0 Å². The minimum atomic E-state index is -0.0607. The monoisotopic (exact) mass is 449 g/mol. The average molecular weight is 450 g/mol. The molecule has 1 heterocycles. The van der Waals surface area contributed by atoms with Crippen LogP contribution in [0.15, 0.2) is 78.9 Å². The van der Waals surface area contributed by atoms with Gasteiger partial charge in [-0.15, -0.1) is 6.42 Å². The normalized spacial score (nSPS) is 9.15. The van der Waals surface area contributed by atoms with E-state index < -0.39 is 0 Å². The zero-order valence-corrected chi connectivity index (χ0v) is 17.8. The molecule has 0 aliphatic rings. The number of phenolic OH excluding ortho intramolecular Hbond substituents is 1. The van der Waals surface area contributed by atoms with E-state index in [0.29, 0.717) is 28.8 Å². The van der Waals surface area contributed by atoms with Crippen molar-refractivity contribution in [2.24, 2.45) is 0 Å². The Morgan fingerprint density at radius 2 is 1.24 bits per heavy atom. The minimum Gasteiger partial charge on any atom is -0.507 e. The lowest BCUT2D eigenvalue weighted by Gasteiger charge is -2.09. The van der Waals surface area contributed by atoms with Gasteiger partial charge in [0.25, 0.3) is 0 Å². The van der Waals surface area contributed by atoms with E-state index in [1.165, 1.54) is 6.07 Å². The van der Waals surface area contributed by atoms with Gasteiger partial charge in [0.05, 0.1) is 5.56 Å². The van der Waals surface area contributed by atoms with Crippen molar-refractivity contribution in [1.29, 1.82) is 0 Å². The number of hydrogen-bond acceptors (Lipinski definition) is 5. The molecule has 0 spiro atoms. The second-order valence-electron chi connectivity index (χ2n) is 6.69. The van der Waals surface area contributed by atoms with E-state index in [1.54, 1.807) is 12.1 Å². The third-order valence-electron chi connectivity index (χ3n) is 4.45. The first-order valence-electron chi connectivity index (χ1n) is 10.1. The number of nitrogens with zero attached hydrogens (tertiary/aromatic N) is 3. The fraction of sp³-hybridized carbons (Fsp3) is 0. The summed E-state index contributed by atoms with van der Waals surface area (Å²) in [4.78, 5) is 13.9. The highest BCUT2D eigenvalue weighted by atomic mass is 16.5. The number of hydrogen-bond donors (Lipinski definition) is 1. The summed E-state index contributed by atoms with van der Waals surface area (Å²) in [6, 6.07) is 23.9.